The topological polar surface area (TPSA) is 29.0 Å². The summed E-state index contributed by atoms with van der Waals surface area (Å²) in [4.78, 5) is 10.9. The van der Waals surface area contributed by atoms with E-state index in [0.29, 0.717) is 5.02 Å². The molecular weight excluding hydrogens is 246 g/mol. The fraction of sp³-hybridized carbons (Fsp3) is 0.714. The van der Waals surface area contributed by atoms with E-state index in [4.69, 9.17) is 11.6 Å². The van der Waals surface area contributed by atoms with Crippen LogP contribution in [0.5, 0.6) is 0 Å². The molecule has 1 aliphatic carbocycles. The van der Waals surface area contributed by atoms with E-state index in [1.165, 1.54) is 25.7 Å². The summed E-state index contributed by atoms with van der Waals surface area (Å²) in [5.74, 6) is 3.82. The van der Waals surface area contributed by atoms with Crippen molar-refractivity contribution in [2.24, 2.45) is 17.8 Å². The molecule has 2 fully saturated rings. The maximum atomic E-state index is 5.81. The molecule has 1 aliphatic heterocycles. The van der Waals surface area contributed by atoms with Crippen molar-refractivity contribution >= 4 is 17.5 Å². The third-order valence-electron chi connectivity index (χ3n) is 4.54. The molecule has 1 aromatic heterocycles. The largest absolute Gasteiger partial charge is 0.341 e. The summed E-state index contributed by atoms with van der Waals surface area (Å²) in [6.45, 7) is 4.51. The molecule has 0 unspecified atom stereocenters. The first-order valence-electron chi connectivity index (χ1n) is 7.00. The van der Waals surface area contributed by atoms with Crippen LogP contribution < -0.4 is 4.90 Å². The van der Waals surface area contributed by atoms with Gasteiger partial charge in [0.1, 0.15) is 0 Å². The van der Waals surface area contributed by atoms with Crippen molar-refractivity contribution in [3.05, 3.63) is 17.4 Å². The first kappa shape index (κ1) is 12.2. The molecule has 4 heteroatoms. The van der Waals surface area contributed by atoms with Crippen LogP contribution in [-0.2, 0) is 0 Å². The second kappa shape index (κ2) is 5.04. The molecule has 0 aromatic carbocycles. The van der Waals surface area contributed by atoms with Crippen LogP contribution in [0.4, 0.5) is 5.95 Å². The predicted molar refractivity (Wildman–Crippen MR) is 73.9 cm³/mol. The first-order chi connectivity index (χ1) is 8.78. The van der Waals surface area contributed by atoms with E-state index in [1.54, 1.807) is 12.4 Å². The molecule has 0 N–H and O–H groups in total. The van der Waals surface area contributed by atoms with Crippen LogP contribution in [0.15, 0.2) is 12.4 Å². The highest BCUT2D eigenvalue weighted by Gasteiger charge is 2.42. The minimum atomic E-state index is 0.609. The normalized spacial score (nSPS) is 28.4. The van der Waals surface area contributed by atoms with Gasteiger partial charge in [0.2, 0.25) is 5.95 Å². The highest BCUT2D eigenvalue weighted by atomic mass is 35.5. The Morgan fingerprint density at radius 2 is 1.94 bits per heavy atom. The molecule has 2 heterocycles. The standard InChI is InChI=1S/C14H20ClN3/c1-2-10-7-13(10)11-3-5-18(6-4-11)14-16-8-12(15)9-17-14/h8-11,13H,2-7H2,1H3/t10-,13+/m0/s1. The van der Waals surface area contributed by atoms with Gasteiger partial charge in [-0.25, -0.2) is 9.97 Å². The SMILES string of the molecule is CC[C@H]1C[C@H]1C1CCN(c2ncc(Cl)cn2)CC1. The van der Waals surface area contributed by atoms with Gasteiger partial charge in [0.25, 0.3) is 0 Å². The Bertz CT molecular complexity index is 398. The molecule has 2 aliphatic rings. The van der Waals surface area contributed by atoms with Crippen LogP contribution in [0.3, 0.4) is 0 Å². The number of anilines is 1. The van der Waals surface area contributed by atoms with Gasteiger partial charge in [0, 0.05) is 13.1 Å². The molecular formula is C14H20ClN3. The Hall–Kier alpha value is -0.830. The summed E-state index contributed by atoms with van der Waals surface area (Å²) in [7, 11) is 0. The van der Waals surface area contributed by atoms with E-state index in [9.17, 15) is 0 Å². The van der Waals surface area contributed by atoms with Gasteiger partial charge < -0.3 is 4.90 Å². The van der Waals surface area contributed by atoms with Gasteiger partial charge in [0.15, 0.2) is 0 Å². The van der Waals surface area contributed by atoms with Crippen LogP contribution in [-0.4, -0.2) is 23.1 Å². The summed E-state index contributed by atoms with van der Waals surface area (Å²) in [5.41, 5.74) is 0. The lowest BCUT2D eigenvalue weighted by atomic mass is 9.91. The van der Waals surface area contributed by atoms with Gasteiger partial charge in [-0.1, -0.05) is 24.9 Å². The highest BCUT2D eigenvalue weighted by Crippen LogP contribution is 2.49. The lowest BCUT2D eigenvalue weighted by Crippen LogP contribution is -2.35. The number of rotatable bonds is 3. The summed E-state index contributed by atoms with van der Waals surface area (Å²) in [5, 5.41) is 0.609. The molecule has 18 heavy (non-hydrogen) atoms. The number of aromatic nitrogens is 2. The van der Waals surface area contributed by atoms with Gasteiger partial charge in [-0.3, -0.25) is 0 Å². The average Bonchev–Trinajstić information content (AvgIpc) is 3.19. The highest BCUT2D eigenvalue weighted by molar-refractivity contribution is 6.30. The number of halogens is 1. The van der Waals surface area contributed by atoms with E-state index in [0.717, 1.165) is 36.8 Å². The van der Waals surface area contributed by atoms with Gasteiger partial charge in [-0.05, 0) is 37.0 Å². The molecule has 3 rings (SSSR count). The van der Waals surface area contributed by atoms with E-state index in [-0.39, 0.29) is 0 Å². The number of piperidine rings is 1. The molecule has 0 radical (unpaired) electrons. The Labute approximate surface area is 114 Å². The van der Waals surface area contributed by atoms with E-state index in [1.807, 2.05) is 0 Å². The molecule has 3 nitrogen and oxygen atoms in total. The zero-order valence-corrected chi connectivity index (χ0v) is 11.6. The Balaban J connectivity index is 1.55. The minimum absolute atomic E-state index is 0.609. The monoisotopic (exact) mass is 265 g/mol. The Morgan fingerprint density at radius 1 is 1.28 bits per heavy atom. The number of hydrogen-bond donors (Lipinski definition) is 0. The fourth-order valence-corrected chi connectivity index (χ4v) is 3.41. The third kappa shape index (κ3) is 2.46. The number of hydrogen-bond acceptors (Lipinski definition) is 3. The molecule has 2 atom stereocenters. The summed E-state index contributed by atoms with van der Waals surface area (Å²) >= 11 is 5.81. The van der Waals surface area contributed by atoms with Gasteiger partial charge in [-0.15, -0.1) is 0 Å². The average molecular weight is 266 g/mol. The van der Waals surface area contributed by atoms with Crippen molar-refractivity contribution in [3.8, 4) is 0 Å². The van der Waals surface area contributed by atoms with Crippen molar-refractivity contribution in [2.45, 2.75) is 32.6 Å². The van der Waals surface area contributed by atoms with Crippen LogP contribution in [0.2, 0.25) is 5.02 Å². The zero-order valence-electron chi connectivity index (χ0n) is 10.8. The second-order valence-electron chi connectivity index (χ2n) is 5.59. The van der Waals surface area contributed by atoms with Crippen molar-refractivity contribution in [2.75, 3.05) is 18.0 Å². The lowest BCUT2D eigenvalue weighted by molar-refractivity contribution is 0.343. The molecule has 98 valence electrons. The van der Waals surface area contributed by atoms with Gasteiger partial charge >= 0.3 is 0 Å². The van der Waals surface area contributed by atoms with Gasteiger partial charge in [-0.2, -0.15) is 0 Å². The van der Waals surface area contributed by atoms with Crippen molar-refractivity contribution < 1.29 is 0 Å². The zero-order chi connectivity index (χ0) is 12.5. The molecule has 0 amide bonds. The van der Waals surface area contributed by atoms with Crippen molar-refractivity contribution in [1.82, 2.24) is 9.97 Å². The van der Waals surface area contributed by atoms with E-state index < -0.39 is 0 Å². The van der Waals surface area contributed by atoms with Crippen LogP contribution in [0.25, 0.3) is 0 Å². The third-order valence-corrected chi connectivity index (χ3v) is 4.73. The molecule has 1 saturated heterocycles. The first-order valence-corrected chi connectivity index (χ1v) is 7.38. The molecule has 0 spiro atoms. The van der Waals surface area contributed by atoms with Gasteiger partial charge in [0.05, 0.1) is 17.4 Å². The van der Waals surface area contributed by atoms with Crippen LogP contribution >= 0.6 is 11.6 Å². The summed E-state index contributed by atoms with van der Waals surface area (Å²) in [6.07, 6.45) is 8.80. The summed E-state index contributed by atoms with van der Waals surface area (Å²) in [6, 6.07) is 0. The smallest absolute Gasteiger partial charge is 0.225 e. The van der Waals surface area contributed by atoms with Crippen LogP contribution in [0, 0.1) is 17.8 Å². The van der Waals surface area contributed by atoms with Crippen molar-refractivity contribution in [3.63, 3.8) is 0 Å². The maximum absolute atomic E-state index is 5.81. The molecule has 1 saturated carbocycles. The lowest BCUT2D eigenvalue weighted by Gasteiger charge is -2.32. The Morgan fingerprint density at radius 3 is 2.50 bits per heavy atom. The summed E-state index contributed by atoms with van der Waals surface area (Å²) < 4.78 is 0. The van der Waals surface area contributed by atoms with E-state index >= 15 is 0 Å². The quantitative estimate of drug-likeness (QED) is 0.839. The Kier molecular flexibility index (Phi) is 3.42. The fourth-order valence-electron chi connectivity index (χ4n) is 3.31. The van der Waals surface area contributed by atoms with E-state index in [2.05, 4.69) is 21.8 Å². The molecule has 1 aromatic rings. The van der Waals surface area contributed by atoms with Crippen LogP contribution in [0.1, 0.15) is 32.6 Å². The number of nitrogens with zero attached hydrogens (tertiary/aromatic N) is 3. The molecule has 0 bridgehead atoms. The van der Waals surface area contributed by atoms with Crippen molar-refractivity contribution in [1.29, 1.82) is 0 Å². The second-order valence-corrected chi connectivity index (χ2v) is 6.03. The minimum Gasteiger partial charge on any atom is -0.341 e. The predicted octanol–water partition coefficient (Wildman–Crippen LogP) is 3.39. The maximum Gasteiger partial charge on any atom is 0.225 e.